The van der Waals surface area contributed by atoms with E-state index in [4.69, 9.17) is 0 Å². The SMILES string of the molecule is CC/C=C/C(=O)Cc1ccc(F)cc1Br. The molecule has 0 atom stereocenters. The summed E-state index contributed by atoms with van der Waals surface area (Å²) in [6, 6.07) is 4.35. The van der Waals surface area contributed by atoms with Crippen molar-refractivity contribution >= 4 is 21.7 Å². The van der Waals surface area contributed by atoms with E-state index in [0.717, 1.165) is 12.0 Å². The summed E-state index contributed by atoms with van der Waals surface area (Å²) in [5.41, 5.74) is 0.808. The van der Waals surface area contributed by atoms with Gasteiger partial charge in [-0.3, -0.25) is 4.79 Å². The molecule has 0 heterocycles. The second-order valence-corrected chi connectivity index (χ2v) is 4.04. The minimum atomic E-state index is -0.304. The fourth-order valence-corrected chi connectivity index (χ4v) is 1.65. The van der Waals surface area contributed by atoms with Crippen LogP contribution in [0.2, 0.25) is 0 Å². The fraction of sp³-hybridized carbons (Fsp3) is 0.250. The van der Waals surface area contributed by atoms with Crippen molar-refractivity contribution in [1.29, 1.82) is 0 Å². The molecule has 0 bridgehead atoms. The lowest BCUT2D eigenvalue weighted by Crippen LogP contribution is -1.99. The Balaban J connectivity index is 2.72. The van der Waals surface area contributed by atoms with Gasteiger partial charge in [-0.25, -0.2) is 4.39 Å². The Hall–Kier alpha value is -0.960. The van der Waals surface area contributed by atoms with Gasteiger partial charge in [-0.2, -0.15) is 0 Å². The van der Waals surface area contributed by atoms with Gasteiger partial charge in [-0.15, -0.1) is 0 Å². The highest BCUT2D eigenvalue weighted by Gasteiger charge is 2.04. The maximum Gasteiger partial charge on any atom is 0.159 e. The number of hydrogen-bond acceptors (Lipinski definition) is 1. The van der Waals surface area contributed by atoms with Crippen LogP contribution in [0, 0.1) is 5.82 Å². The molecule has 0 amide bonds. The molecule has 0 aliphatic rings. The number of carbonyl (C=O) groups is 1. The first-order valence-corrected chi connectivity index (χ1v) is 5.56. The fourth-order valence-electron chi connectivity index (χ4n) is 1.16. The number of carbonyl (C=O) groups excluding carboxylic acids is 1. The summed E-state index contributed by atoms with van der Waals surface area (Å²) in [6.45, 7) is 1.97. The first-order valence-electron chi connectivity index (χ1n) is 4.76. The van der Waals surface area contributed by atoms with E-state index in [1.54, 1.807) is 12.1 Å². The summed E-state index contributed by atoms with van der Waals surface area (Å²) in [5.74, 6) is -0.272. The second-order valence-electron chi connectivity index (χ2n) is 3.19. The van der Waals surface area contributed by atoms with Crippen LogP contribution in [0.15, 0.2) is 34.8 Å². The van der Waals surface area contributed by atoms with Crippen LogP contribution in [-0.4, -0.2) is 5.78 Å². The van der Waals surface area contributed by atoms with E-state index in [1.807, 2.05) is 13.0 Å². The molecule has 0 saturated heterocycles. The molecule has 0 unspecified atom stereocenters. The Morgan fingerprint density at radius 1 is 1.53 bits per heavy atom. The van der Waals surface area contributed by atoms with Gasteiger partial charge >= 0.3 is 0 Å². The van der Waals surface area contributed by atoms with Crippen LogP contribution >= 0.6 is 15.9 Å². The maximum atomic E-state index is 12.8. The standard InChI is InChI=1S/C12H12BrFO/c1-2-3-4-11(15)7-9-5-6-10(14)8-12(9)13/h3-6,8H,2,7H2,1H3/b4-3+. The van der Waals surface area contributed by atoms with Gasteiger partial charge in [0, 0.05) is 10.9 Å². The van der Waals surface area contributed by atoms with Gasteiger partial charge in [0.2, 0.25) is 0 Å². The van der Waals surface area contributed by atoms with E-state index >= 15 is 0 Å². The first-order chi connectivity index (χ1) is 7.13. The molecular weight excluding hydrogens is 259 g/mol. The lowest BCUT2D eigenvalue weighted by molar-refractivity contribution is -0.114. The number of halogens is 2. The zero-order valence-electron chi connectivity index (χ0n) is 8.47. The van der Waals surface area contributed by atoms with Gasteiger partial charge in [0.1, 0.15) is 5.82 Å². The number of rotatable bonds is 4. The third-order valence-corrected chi connectivity index (χ3v) is 2.66. The Labute approximate surface area is 97.1 Å². The van der Waals surface area contributed by atoms with Gasteiger partial charge in [-0.1, -0.05) is 35.0 Å². The van der Waals surface area contributed by atoms with Gasteiger partial charge in [0.15, 0.2) is 5.78 Å². The predicted octanol–water partition coefficient (Wildman–Crippen LogP) is 3.67. The minimum Gasteiger partial charge on any atom is -0.294 e. The van der Waals surface area contributed by atoms with Crippen molar-refractivity contribution in [2.45, 2.75) is 19.8 Å². The highest BCUT2D eigenvalue weighted by atomic mass is 79.9. The zero-order chi connectivity index (χ0) is 11.3. The maximum absolute atomic E-state index is 12.8. The number of hydrogen-bond donors (Lipinski definition) is 0. The zero-order valence-corrected chi connectivity index (χ0v) is 10.1. The first kappa shape index (κ1) is 12.1. The Bertz CT molecular complexity index is 385. The molecule has 1 rings (SSSR count). The van der Waals surface area contributed by atoms with Crippen LogP contribution in [-0.2, 0) is 11.2 Å². The molecule has 1 aromatic rings. The van der Waals surface area contributed by atoms with Crippen molar-refractivity contribution < 1.29 is 9.18 Å². The minimum absolute atomic E-state index is 0.0316. The van der Waals surface area contributed by atoms with Gasteiger partial charge in [0.25, 0.3) is 0 Å². The van der Waals surface area contributed by atoms with Crippen LogP contribution in [0.5, 0.6) is 0 Å². The molecule has 0 spiro atoms. The molecule has 0 aliphatic carbocycles. The number of allylic oxidation sites excluding steroid dienone is 2. The number of ketones is 1. The largest absolute Gasteiger partial charge is 0.294 e. The lowest BCUT2D eigenvalue weighted by atomic mass is 10.1. The van der Waals surface area contributed by atoms with Crippen molar-refractivity contribution in [3.63, 3.8) is 0 Å². The van der Waals surface area contributed by atoms with Crippen LogP contribution in [0.25, 0.3) is 0 Å². The summed E-state index contributed by atoms with van der Waals surface area (Å²) >= 11 is 3.23. The summed E-state index contributed by atoms with van der Waals surface area (Å²) in [6.07, 6.45) is 4.53. The summed E-state index contributed by atoms with van der Waals surface area (Å²) in [4.78, 5) is 11.4. The van der Waals surface area contributed by atoms with Crippen LogP contribution in [0.1, 0.15) is 18.9 Å². The smallest absolute Gasteiger partial charge is 0.159 e. The topological polar surface area (TPSA) is 17.1 Å². The molecular formula is C12H12BrFO. The molecule has 0 saturated carbocycles. The lowest BCUT2D eigenvalue weighted by Gasteiger charge is -2.01. The third kappa shape index (κ3) is 3.96. The Morgan fingerprint density at radius 2 is 2.27 bits per heavy atom. The number of benzene rings is 1. The normalized spacial score (nSPS) is 10.9. The molecule has 15 heavy (non-hydrogen) atoms. The molecule has 1 aromatic carbocycles. The van der Waals surface area contributed by atoms with E-state index < -0.39 is 0 Å². The Morgan fingerprint density at radius 3 is 2.87 bits per heavy atom. The van der Waals surface area contributed by atoms with Crippen molar-refractivity contribution in [2.75, 3.05) is 0 Å². The highest BCUT2D eigenvalue weighted by molar-refractivity contribution is 9.10. The molecule has 80 valence electrons. The van der Waals surface area contributed by atoms with E-state index in [0.29, 0.717) is 10.9 Å². The van der Waals surface area contributed by atoms with Crippen LogP contribution in [0.4, 0.5) is 4.39 Å². The molecule has 0 fully saturated rings. The Kier molecular flexibility index (Phi) is 4.69. The van der Waals surface area contributed by atoms with Crippen LogP contribution < -0.4 is 0 Å². The van der Waals surface area contributed by atoms with E-state index in [9.17, 15) is 9.18 Å². The summed E-state index contributed by atoms with van der Waals surface area (Å²) in [7, 11) is 0. The predicted molar refractivity (Wildman–Crippen MR) is 62.2 cm³/mol. The third-order valence-electron chi connectivity index (χ3n) is 1.92. The molecule has 1 nitrogen and oxygen atoms in total. The van der Waals surface area contributed by atoms with Crippen molar-refractivity contribution in [3.8, 4) is 0 Å². The van der Waals surface area contributed by atoms with E-state index in [-0.39, 0.29) is 11.6 Å². The summed E-state index contributed by atoms with van der Waals surface area (Å²) < 4.78 is 13.4. The van der Waals surface area contributed by atoms with Crippen molar-refractivity contribution in [2.24, 2.45) is 0 Å². The monoisotopic (exact) mass is 270 g/mol. The van der Waals surface area contributed by atoms with E-state index in [2.05, 4.69) is 15.9 Å². The quantitative estimate of drug-likeness (QED) is 0.764. The van der Waals surface area contributed by atoms with Crippen molar-refractivity contribution in [3.05, 3.63) is 46.2 Å². The summed E-state index contributed by atoms with van der Waals surface area (Å²) in [5, 5.41) is 0. The molecule has 0 aromatic heterocycles. The van der Waals surface area contributed by atoms with Crippen molar-refractivity contribution in [1.82, 2.24) is 0 Å². The van der Waals surface area contributed by atoms with Gasteiger partial charge in [-0.05, 0) is 30.2 Å². The second kappa shape index (κ2) is 5.81. The van der Waals surface area contributed by atoms with Gasteiger partial charge < -0.3 is 0 Å². The average Bonchev–Trinajstić information content (AvgIpc) is 2.19. The molecule has 0 aliphatic heterocycles. The van der Waals surface area contributed by atoms with Gasteiger partial charge in [0.05, 0.1) is 0 Å². The average molecular weight is 271 g/mol. The van der Waals surface area contributed by atoms with E-state index in [1.165, 1.54) is 12.1 Å². The molecule has 3 heteroatoms. The molecule has 0 N–H and O–H groups in total. The van der Waals surface area contributed by atoms with Crippen LogP contribution in [0.3, 0.4) is 0 Å². The highest BCUT2D eigenvalue weighted by Crippen LogP contribution is 2.18. The molecule has 0 radical (unpaired) electrons.